The standard InChI is InChI=1S/C21H26N2O4/c1-13(2)27-18-7-5-6-16(10-18)14(3)22-21(24)23-15(4)17-8-9-19-20(11-17)26-12-25-19/h5-11,13-15H,12H2,1-4H3,(H2,22,23,24). The Morgan fingerprint density at radius 2 is 1.59 bits per heavy atom. The van der Waals surface area contributed by atoms with Crippen molar-refractivity contribution in [3.05, 3.63) is 53.6 Å². The molecular weight excluding hydrogens is 344 g/mol. The number of rotatable bonds is 6. The Labute approximate surface area is 159 Å². The van der Waals surface area contributed by atoms with Crippen molar-refractivity contribution in [2.24, 2.45) is 0 Å². The van der Waals surface area contributed by atoms with Gasteiger partial charge in [-0.25, -0.2) is 4.79 Å². The maximum atomic E-state index is 12.4. The molecule has 1 heterocycles. The lowest BCUT2D eigenvalue weighted by molar-refractivity contribution is 0.174. The summed E-state index contributed by atoms with van der Waals surface area (Å²) in [5.74, 6) is 2.23. The number of carbonyl (C=O) groups is 1. The largest absolute Gasteiger partial charge is 0.491 e. The van der Waals surface area contributed by atoms with Gasteiger partial charge < -0.3 is 24.8 Å². The number of urea groups is 1. The lowest BCUT2D eigenvalue weighted by Crippen LogP contribution is -2.38. The van der Waals surface area contributed by atoms with Crippen molar-refractivity contribution in [2.75, 3.05) is 6.79 Å². The zero-order valence-corrected chi connectivity index (χ0v) is 16.1. The quantitative estimate of drug-likeness (QED) is 0.794. The van der Waals surface area contributed by atoms with Gasteiger partial charge in [0.15, 0.2) is 11.5 Å². The Bertz CT molecular complexity index is 807. The third-order valence-corrected chi connectivity index (χ3v) is 4.32. The fraction of sp³-hybridized carbons (Fsp3) is 0.381. The zero-order valence-electron chi connectivity index (χ0n) is 16.1. The minimum Gasteiger partial charge on any atom is -0.491 e. The molecule has 6 nitrogen and oxygen atoms in total. The monoisotopic (exact) mass is 370 g/mol. The molecule has 0 saturated heterocycles. The van der Waals surface area contributed by atoms with Crippen molar-refractivity contribution in [2.45, 2.75) is 45.9 Å². The van der Waals surface area contributed by atoms with E-state index in [1.165, 1.54) is 0 Å². The van der Waals surface area contributed by atoms with Crippen LogP contribution in [0.25, 0.3) is 0 Å². The molecule has 0 aromatic heterocycles. The van der Waals surface area contributed by atoms with Gasteiger partial charge in [0.1, 0.15) is 5.75 Å². The molecule has 0 aliphatic carbocycles. The van der Waals surface area contributed by atoms with Crippen molar-refractivity contribution < 1.29 is 19.0 Å². The van der Waals surface area contributed by atoms with E-state index in [0.29, 0.717) is 5.75 Å². The molecule has 3 rings (SSSR count). The van der Waals surface area contributed by atoms with Gasteiger partial charge >= 0.3 is 6.03 Å². The molecule has 2 unspecified atom stereocenters. The Morgan fingerprint density at radius 1 is 0.926 bits per heavy atom. The number of fused-ring (bicyclic) bond motifs is 1. The Balaban J connectivity index is 1.58. The molecule has 0 saturated carbocycles. The van der Waals surface area contributed by atoms with Crippen molar-refractivity contribution >= 4 is 6.03 Å². The third-order valence-electron chi connectivity index (χ3n) is 4.32. The maximum Gasteiger partial charge on any atom is 0.315 e. The maximum absolute atomic E-state index is 12.4. The van der Waals surface area contributed by atoms with Gasteiger partial charge in [-0.05, 0) is 63.1 Å². The number of hydrogen-bond donors (Lipinski definition) is 2. The lowest BCUT2D eigenvalue weighted by atomic mass is 10.1. The van der Waals surface area contributed by atoms with Crippen LogP contribution in [0.5, 0.6) is 17.2 Å². The smallest absolute Gasteiger partial charge is 0.315 e. The summed E-state index contributed by atoms with van der Waals surface area (Å²) in [5, 5.41) is 5.93. The summed E-state index contributed by atoms with van der Waals surface area (Å²) in [7, 11) is 0. The molecule has 27 heavy (non-hydrogen) atoms. The van der Waals surface area contributed by atoms with E-state index in [1.807, 2.05) is 70.2 Å². The highest BCUT2D eigenvalue weighted by Crippen LogP contribution is 2.34. The molecule has 2 aromatic rings. The average molecular weight is 370 g/mol. The second-order valence-electron chi connectivity index (χ2n) is 6.91. The predicted octanol–water partition coefficient (Wildman–Crippen LogP) is 4.32. The van der Waals surface area contributed by atoms with E-state index >= 15 is 0 Å². The molecule has 0 fully saturated rings. The molecule has 2 aromatic carbocycles. The summed E-state index contributed by atoms with van der Waals surface area (Å²) in [4.78, 5) is 12.4. The van der Waals surface area contributed by atoms with Crippen LogP contribution in [0.2, 0.25) is 0 Å². The van der Waals surface area contributed by atoms with Crippen LogP contribution in [0.4, 0.5) is 4.79 Å². The molecule has 0 spiro atoms. The highest BCUT2D eigenvalue weighted by atomic mass is 16.7. The van der Waals surface area contributed by atoms with Crippen LogP contribution in [0.3, 0.4) is 0 Å². The minimum absolute atomic E-state index is 0.106. The molecule has 1 aliphatic heterocycles. The first-order chi connectivity index (χ1) is 12.9. The van der Waals surface area contributed by atoms with Crippen molar-refractivity contribution in [3.8, 4) is 17.2 Å². The Morgan fingerprint density at radius 3 is 2.30 bits per heavy atom. The minimum atomic E-state index is -0.233. The molecule has 0 radical (unpaired) electrons. The van der Waals surface area contributed by atoms with Crippen LogP contribution in [-0.2, 0) is 0 Å². The van der Waals surface area contributed by atoms with Crippen LogP contribution >= 0.6 is 0 Å². The predicted molar refractivity (Wildman–Crippen MR) is 103 cm³/mol. The normalized spacial score (nSPS) is 14.6. The number of carbonyl (C=O) groups excluding carboxylic acids is 1. The van der Waals surface area contributed by atoms with E-state index < -0.39 is 0 Å². The second kappa shape index (κ2) is 8.20. The number of benzene rings is 2. The Hall–Kier alpha value is -2.89. The molecule has 144 valence electrons. The first-order valence-corrected chi connectivity index (χ1v) is 9.15. The zero-order chi connectivity index (χ0) is 19.4. The van der Waals surface area contributed by atoms with E-state index in [0.717, 1.165) is 22.6 Å². The van der Waals surface area contributed by atoms with Gasteiger partial charge in [0, 0.05) is 0 Å². The molecular formula is C21H26N2O4. The number of amides is 2. The van der Waals surface area contributed by atoms with E-state index in [-0.39, 0.29) is 31.0 Å². The summed E-state index contributed by atoms with van der Waals surface area (Å²) in [6, 6.07) is 12.9. The van der Waals surface area contributed by atoms with Crippen molar-refractivity contribution in [1.29, 1.82) is 0 Å². The first kappa shape index (κ1) is 18.9. The molecule has 6 heteroatoms. The molecule has 1 aliphatic rings. The molecule has 2 N–H and O–H groups in total. The van der Waals surface area contributed by atoms with Crippen LogP contribution in [-0.4, -0.2) is 18.9 Å². The summed E-state index contributed by atoms with van der Waals surface area (Å²) < 4.78 is 16.4. The number of nitrogens with one attached hydrogen (secondary N) is 2. The number of hydrogen-bond acceptors (Lipinski definition) is 4. The van der Waals surface area contributed by atoms with E-state index in [2.05, 4.69) is 10.6 Å². The summed E-state index contributed by atoms with van der Waals surface area (Å²) >= 11 is 0. The van der Waals surface area contributed by atoms with Crippen LogP contribution in [0.15, 0.2) is 42.5 Å². The molecule has 2 amide bonds. The van der Waals surface area contributed by atoms with Gasteiger partial charge in [-0.15, -0.1) is 0 Å². The summed E-state index contributed by atoms with van der Waals surface area (Å²) in [5.41, 5.74) is 1.94. The molecule has 0 bridgehead atoms. The van der Waals surface area contributed by atoms with Crippen LogP contribution in [0, 0.1) is 0 Å². The summed E-state index contributed by atoms with van der Waals surface area (Å²) in [6.45, 7) is 8.08. The van der Waals surface area contributed by atoms with Gasteiger partial charge in [0.05, 0.1) is 18.2 Å². The fourth-order valence-corrected chi connectivity index (χ4v) is 2.91. The fourth-order valence-electron chi connectivity index (χ4n) is 2.91. The van der Waals surface area contributed by atoms with Gasteiger partial charge in [0.25, 0.3) is 0 Å². The second-order valence-corrected chi connectivity index (χ2v) is 6.91. The van der Waals surface area contributed by atoms with Crippen LogP contribution in [0.1, 0.15) is 50.9 Å². The van der Waals surface area contributed by atoms with Gasteiger partial charge in [0.2, 0.25) is 6.79 Å². The van der Waals surface area contributed by atoms with E-state index in [1.54, 1.807) is 0 Å². The lowest BCUT2D eigenvalue weighted by Gasteiger charge is -2.20. The summed E-state index contributed by atoms with van der Waals surface area (Å²) in [6.07, 6.45) is 0.106. The van der Waals surface area contributed by atoms with Crippen molar-refractivity contribution in [1.82, 2.24) is 10.6 Å². The molecule has 2 atom stereocenters. The Kier molecular flexibility index (Phi) is 5.74. The van der Waals surface area contributed by atoms with Gasteiger partial charge in [-0.2, -0.15) is 0 Å². The topological polar surface area (TPSA) is 68.8 Å². The SMILES string of the molecule is CC(C)Oc1cccc(C(C)NC(=O)NC(C)c2ccc3c(c2)OCO3)c1. The van der Waals surface area contributed by atoms with Gasteiger partial charge in [-0.3, -0.25) is 0 Å². The number of ether oxygens (including phenoxy) is 3. The van der Waals surface area contributed by atoms with E-state index in [4.69, 9.17) is 14.2 Å². The van der Waals surface area contributed by atoms with E-state index in [9.17, 15) is 4.79 Å². The average Bonchev–Trinajstić information content (AvgIpc) is 3.08. The van der Waals surface area contributed by atoms with Gasteiger partial charge in [-0.1, -0.05) is 18.2 Å². The van der Waals surface area contributed by atoms with Crippen molar-refractivity contribution in [3.63, 3.8) is 0 Å². The highest BCUT2D eigenvalue weighted by molar-refractivity contribution is 5.75. The van der Waals surface area contributed by atoms with Crippen LogP contribution < -0.4 is 24.8 Å². The first-order valence-electron chi connectivity index (χ1n) is 9.15. The highest BCUT2D eigenvalue weighted by Gasteiger charge is 2.18. The third kappa shape index (κ3) is 4.84.